The summed E-state index contributed by atoms with van der Waals surface area (Å²) in [6.07, 6.45) is 2.80. The number of nitrogens with zero attached hydrogens (tertiary/aromatic N) is 3. The Hall–Kier alpha value is -2.08. The van der Waals surface area contributed by atoms with Crippen molar-refractivity contribution in [2.75, 3.05) is 29.5 Å². The highest BCUT2D eigenvalue weighted by molar-refractivity contribution is 7.17. The SMILES string of the molecule is CCOC(=O)c1cnc(N2C[C@H]3C[C@@H]2CN3c2cccc(C)c2)s1. The highest BCUT2D eigenvalue weighted by atomic mass is 32.1. The van der Waals surface area contributed by atoms with E-state index in [2.05, 4.69) is 46.0 Å². The average molecular weight is 343 g/mol. The molecule has 3 heterocycles. The summed E-state index contributed by atoms with van der Waals surface area (Å²) in [5.41, 5.74) is 2.61. The largest absolute Gasteiger partial charge is 0.462 e. The highest BCUT2D eigenvalue weighted by Gasteiger charge is 2.44. The van der Waals surface area contributed by atoms with Gasteiger partial charge < -0.3 is 14.5 Å². The minimum Gasteiger partial charge on any atom is -0.462 e. The summed E-state index contributed by atoms with van der Waals surface area (Å²) in [7, 11) is 0. The third kappa shape index (κ3) is 2.65. The van der Waals surface area contributed by atoms with E-state index < -0.39 is 0 Å². The van der Waals surface area contributed by atoms with Crippen LogP contribution in [0.15, 0.2) is 30.5 Å². The van der Waals surface area contributed by atoms with Crippen molar-refractivity contribution in [3.8, 4) is 0 Å². The quantitative estimate of drug-likeness (QED) is 0.798. The summed E-state index contributed by atoms with van der Waals surface area (Å²) in [4.78, 5) is 21.7. The molecule has 5 nitrogen and oxygen atoms in total. The fraction of sp³-hybridized carbons (Fsp3) is 0.444. The molecule has 6 heteroatoms. The first-order valence-electron chi connectivity index (χ1n) is 8.38. The third-order valence-corrected chi connectivity index (χ3v) is 5.80. The number of aryl methyl sites for hydroxylation is 1. The second kappa shape index (κ2) is 6.09. The van der Waals surface area contributed by atoms with Crippen LogP contribution in [-0.4, -0.2) is 42.7 Å². The molecule has 4 rings (SSSR count). The van der Waals surface area contributed by atoms with Crippen molar-refractivity contribution >= 4 is 28.1 Å². The number of thiazole rings is 1. The lowest BCUT2D eigenvalue weighted by Crippen LogP contribution is -2.46. The van der Waals surface area contributed by atoms with E-state index in [0.29, 0.717) is 23.6 Å². The maximum atomic E-state index is 11.8. The molecule has 1 aromatic heterocycles. The lowest BCUT2D eigenvalue weighted by molar-refractivity contribution is 0.0532. The Balaban J connectivity index is 1.48. The predicted molar refractivity (Wildman–Crippen MR) is 96.1 cm³/mol. The summed E-state index contributed by atoms with van der Waals surface area (Å²) in [6.45, 7) is 6.33. The highest BCUT2D eigenvalue weighted by Crippen LogP contribution is 2.38. The number of rotatable bonds is 4. The summed E-state index contributed by atoms with van der Waals surface area (Å²) in [5.74, 6) is -0.271. The zero-order chi connectivity index (χ0) is 16.7. The molecule has 1 aromatic carbocycles. The zero-order valence-electron chi connectivity index (χ0n) is 13.9. The summed E-state index contributed by atoms with van der Waals surface area (Å²) in [5, 5.41) is 0.939. The summed E-state index contributed by atoms with van der Waals surface area (Å²) >= 11 is 1.44. The van der Waals surface area contributed by atoms with Crippen LogP contribution in [-0.2, 0) is 4.74 Å². The Morgan fingerprint density at radius 3 is 2.83 bits per heavy atom. The molecule has 0 unspecified atom stereocenters. The standard InChI is InChI=1S/C18H21N3O2S/c1-3-23-17(22)16-9-19-18(24-16)21-11-14-8-15(21)10-20(14)13-6-4-5-12(2)7-13/h4-7,9,14-15H,3,8,10-11H2,1-2H3/t14-,15-/m1/s1. The molecule has 24 heavy (non-hydrogen) atoms. The van der Waals surface area contributed by atoms with Crippen molar-refractivity contribution in [1.29, 1.82) is 0 Å². The lowest BCUT2D eigenvalue weighted by Gasteiger charge is -2.35. The number of anilines is 2. The van der Waals surface area contributed by atoms with Crippen LogP contribution in [0.3, 0.4) is 0 Å². The topological polar surface area (TPSA) is 45.7 Å². The van der Waals surface area contributed by atoms with Crippen molar-refractivity contribution in [2.45, 2.75) is 32.4 Å². The number of aromatic nitrogens is 1. The van der Waals surface area contributed by atoms with E-state index in [1.807, 2.05) is 6.92 Å². The van der Waals surface area contributed by atoms with Gasteiger partial charge >= 0.3 is 5.97 Å². The van der Waals surface area contributed by atoms with E-state index in [0.717, 1.165) is 24.6 Å². The maximum absolute atomic E-state index is 11.8. The number of esters is 1. The molecule has 2 atom stereocenters. The zero-order valence-corrected chi connectivity index (χ0v) is 14.8. The fourth-order valence-corrected chi connectivity index (χ4v) is 4.61. The van der Waals surface area contributed by atoms with E-state index in [1.54, 1.807) is 6.20 Å². The average Bonchev–Trinajstić information content (AvgIpc) is 3.29. The Kier molecular flexibility index (Phi) is 3.92. The first kappa shape index (κ1) is 15.4. The van der Waals surface area contributed by atoms with Crippen LogP contribution in [0.2, 0.25) is 0 Å². The van der Waals surface area contributed by atoms with Gasteiger partial charge in [0.25, 0.3) is 0 Å². The van der Waals surface area contributed by atoms with Gasteiger partial charge in [-0.25, -0.2) is 9.78 Å². The molecule has 0 radical (unpaired) electrons. The number of carbonyl (C=O) groups excluding carboxylic acids is 1. The van der Waals surface area contributed by atoms with E-state index in [9.17, 15) is 4.79 Å². The third-order valence-electron chi connectivity index (χ3n) is 4.79. The molecule has 0 spiro atoms. The number of fused-ring (bicyclic) bond motifs is 2. The van der Waals surface area contributed by atoms with E-state index in [1.165, 1.54) is 22.6 Å². The number of piperazine rings is 1. The predicted octanol–water partition coefficient (Wildman–Crippen LogP) is 3.10. The molecule has 2 aliphatic rings. The Bertz CT molecular complexity index is 760. The van der Waals surface area contributed by atoms with Crippen LogP contribution in [0.25, 0.3) is 0 Å². The van der Waals surface area contributed by atoms with Crippen LogP contribution >= 0.6 is 11.3 Å². The Morgan fingerprint density at radius 2 is 2.12 bits per heavy atom. The van der Waals surface area contributed by atoms with Crippen LogP contribution < -0.4 is 9.80 Å². The molecule has 2 aromatic rings. The van der Waals surface area contributed by atoms with E-state index in [4.69, 9.17) is 4.74 Å². The van der Waals surface area contributed by atoms with Gasteiger partial charge in [0, 0.05) is 24.8 Å². The van der Waals surface area contributed by atoms with Gasteiger partial charge in [0.05, 0.1) is 18.8 Å². The van der Waals surface area contributed by atoms with Crippen LogP contribution in [0, 0.1) is 6.92 Å². The molecule has 0 amide bonds. The minimum atomic E-state index is -0.271. The molecule has 0 saturated carbocycles. The van der Waals surface area contributed by atoms with E-state index in [-0.39, 0.29) is 5.97 Å². The normalized spacial score (nSPS) is 22.2. The lowest BCUT2D eigenvalue weighted by atomic mass is 10.2. The smallest absolute Gasteiger partial charge is 0.350 e. The van der Waals surface area contributed by atoms with Crippen molar-refractivity contribution < 1.29 is 9.53 Å². The number of benzene rings is 1. The maximum Gasteiger partial charge on any atom is 0.350 e. The number of hydrogen-bond acceptors (Lipinski definition) is 6. The number of ether oxygens (including phenoxy) is 1. The van der Waals surface area contributed by atoms with E-state index >= 15 is 0 Å². The van der Waals surface area contributed by atoms with Crippen molar-refractivity contribution in [1.82, 2.24) is 4.98 Å². The Morgan fingerprint density at radius 1 is 1.33 bits per heavy atom. The van der Waals surface area contributed by atoms with Crippen molar-refractivity contribution in [3.05, 3.63) is 40.9 Å². The summed E-state index contributed by atoms with van der Waals surface area (Å²) < 4.78 is 5.06. The second-order valence-corrected chi connectivity index (χ2v) is 7.42. The van der Waals surface area contributed by atoms with Gasteiger partial charge in [-0.05, 0) is 38.0 Å². The molecule has 2 saturated heterocycles. The first-order valence-corrected chi connectivity index (χ1v) is 9.20. The van der Waals surface area contributed by atoms with Gasteiger partial charge in [0.15, 0.2) is 5.13 Å². The van der Waals surface area contributed by atoms with Crippen molar-refractivity contribution in [3.63, 3.8) is 0 Å². The molecule has 0 N–H and O–H groups in total. The van der Waals surface area contributed by atoms with Gasteiger partial charge in [-0.1, -0.05) is 23.5 Å². The van der Waals surface area contributed by atoms with Gasteiger partial charge in [-0.3, -0.25) is 0 Å². The molecule has 126 valence electrons. The van der Waals surface area contributed by atoms with Gasteiger partial charge in [-0.2, -0.15) is 0 Å². The molecule has 0 aliphatic carbocycles. The fourth-order valence-electron chi connectivity index (χ4n) is 3.72. The number of carbonyl (C=O) groups is 1. The molecule has 2 bridgehead atoms. The van der Waals surface area contributed by atoms with Gasteiger partial charge in [-0.15, -0.1) is 0 Å². The molecular weight excluding hydrogens is 322 g/mol. The Labute approximate surface area is 145 Å². The first-order chi connectivity index (χ1) is 11.7. The summed E-state index contributed by atoms with van der Waals surface area (Å²) in [6, 6.07) is 9.70. The molecule has 2 fully saturated rings. The second-order valence-electron chi connectivity index (χ2n) is 6.41. The van der Waals surface area contributed by atoms with Crippen LogP contribution in [0.5, 0.6) is 0 Å². The van der Waals surface area contributed by atoms with Gasteiger partial charge in [0.2, 0.25) is 0 Å². The molecular formula is C18H21N3O2S. The van der Waals surface area contributed by atoms with Gasteiger partial charge in [0.1, 0.15) is 4.88 Å². The van der Waals surface area contributed by atoms with Crippen molar-refractivity contribution in [2.24, 2.45) is 0 Å². The number of hydrogen-bond donors (Lipinski definition) is 0. The van der Waals surface area contributed by atoms with Crippen LogP contribution in [0.4, 0.5) is 10.8 Å². The monoisotopic (exact) mass is 343 g/mol. The van der Waals surface area contributed by atoms with Crippen LogP contribution in [0.1, 0.15) is 28.6 Å². The molecule has 2 aliphatic heterocycles. The minimum absolute atomic E-state index is 0.271.